The summed E-state index contributed by atoms with van der Waals surface area (Å²) >= 11 is 4.84. The summed E-state index contributed by atoms with van der Waals surface area (Å²) in [5.74, 6) is 0.967. The maximum atomic E-state index is 7.62. The van der Waals surface area contributed by atoms with Crippen molar-refractivity contribution in [3.05, 3.63) is 51.8 Å². The summed E-state index contributed by atoms with van der Waals surface area (Å²) in [7, 11) is 1.67. The average molecular weight is 412 g/mol. The molecule has 0 spiro atoms. The Morgan fingerprint density at radius 1 is 1.32 bits per heavy atom. The molecule has 132 valence electrons. The Morgan fingerprint density at radius 2 is 2.04 bits per heavy atom. The molecule has 0 saturated heterocycles. The van der Waals surface area contributed by atoms with Crippen molar-refractivity contribution in [2.75, 3.05) is 13.4 Å². The second-order valence-electron chi connectivity index (χ2n) is 5.10. The van der Waals surface area contributed by atoms with Gasteiger partial charge >= 0.3 is 0 Å². The van der Waals surface area contributed by atoms with Crippen LogP contribution in [0.1, 0.15) is 16.1 Å². The highest BCUT2D eigenvalue weighted by Crippen LogP contribution is 2.39. The number of hydrogen-bond donors (Lipinski definition) is 2. The standard InChI is InChI=1S/C17H17N3OS3.ClH/c1-21-12-5-3-10(4-6-12)7-11-9-23-16(20-11)13-8-14(15(18)19)24-17(13)22-2;/h3-6,8-9H,7H2,1-2H3,(H3,18,19);1H. The van der Waals surface area contributed by atoms with Crippen molar-refractivity contribution in [1.29, 1.82) is 5.41 Å². The van der Waals surface area contributed by atoms with Gasteiger partial charge in [-0.3, -0.25) is 5.41 Å². The van der Waals surface area contributed by atoms with E-state index in [1.165, 1.54) is 5.56 Å². The van der Waals surface area contributed by atoms with Crippen LogP contribution in [0.25, 0.3) is 10.6 Å². The predicted molar refractivity (Wildman–Crippen MR) is 111 cm³/mol. The van der Waals surface area contributed by atoms with Crippen LogP contribution >= 0.6 is 46.8 Å². The third kappa shape index (κ3) is 4.55. The second kappa shape index (κ2) is 8.71. The van der Waals surface area contributed by atoms with Crippen LogP contribution in [-0.2, 0) is 6.42 Å². The molecule has 2 aromatic heterocycles. The topological polar surface area (TPSA) is 72.0 Å². The van der Waals surface area contributed by atoms with Crippen LogP contribution in [0.2, 0.25) is 0 Å². The normalized spacial score (nSPS) is 10.3. The van der Waals surface area contributed by atoms with Crippen molar-refractivity contribution in [3.8, 4) is 16.3 Å². The lowest BCUT2D eigenvalue weighted by atomic mass is 10.1. The molecule has 25 heavy (non-hydrogen) atoms. The Balaban J connectivity index is 0.00000225. The van der Waals surface area contributed by atoms with E-state index in [1.54, 1.807) is 41.5 Å². The van der Waals surface area contributed by atoms with E-state index in [2.05, 4.69) is 17.5 Å². The Hall–Kier alpha value is -1.54. The summed E-state index contributed by atoms with van der Waals surface area (Å²) in [4.78, 5) is 5.56. The molecule has 0 bridgehead atoms. The zero-order valence-corrected chi connectivity index (χ0v) is 17.0. The lowest BCUT2D eigenvalue weighted by Gasteiger charge is -2.01. The number of benzene rings is 1. The van der Waals surface area contributed by atoms with Gasteiger partial charge in [-0.15, -0.1) is 46.8 Å². The average Bonchev–Trinajstić information content (AvgIpc) is 3.21. The van der Waals surface area contributed by atoms with E-state index in [-0.39, 0.29) is 18.2 Å². The monoisotopic (exact) mass is 411 g/mol. The molecule has 1 aromatic carbocycles. The van der Waals surface area contributed by atoms with Crippen LogP contribution in [0.15, 0.2) is 39.9 Å². The van der Waals surface area contributed by atoms with Crippen molar-refractivity contribution < 1.29 is 4.74 Å². The molecule has 2 heterocycles. The zero-order valence-electron chi connectivity index (χ0n) is 13.7. The summed E-state index contributed by atoms with van der Waals surface area (Å²) in [5.41, 5.74) is 8.94. The van der Waals surface area contributed by atoms with Crippen molar-refractivity contribution >= 4 is 52.7 Å². The van der Waals surface area contributed by atoms with Crippen molar-refractivity contribution in [3.63, 3.8) is 0 Å². The molecule has 0 saturated carbocycles. The third-order valence-corrected chi connectivity index (χ3v) is 6.70. The maximum Gasteiger partial charge on any atom is 0.133 e. The van der Waals surface area contributed by atoms with Crippen LogP contribution in [-0.4, -0.2) is 24.2 Å². The van der Waals surface area contributed by atoms with E-state index in [9.17, 15) is 0 Å². The molecule has 0 aliphatic heterocycles. The van der Waals surface area contributed by atoms with Gasteiger partial charge in [0.1, 0.15) is 16.6 Å². The molecular formula is C17H18ClN3OS3. The molecule has 0 fully saturated rings. The molecule has 0 aliphatic rings. The van der Waals surface area contributed by atoms with Gasteiger partial charge in [-0.2, -0.15) is 0 Å². The first kappa shape index (κ1) is 19.8. The number of nitrogens with two attached hydrogens (primary N) is 1. The molecule has 0 unspecified atom stereocenters. The van der Waals surface area contributed by atoms with E-state index >= 15 is 0 Å². The van der Waals surface area contributed by atoms with Gasteiger partial charge in [0.2, 0.25) is 0 Å². The van der Waals surface area contributed by atoms with E-state index in [1.807, 2.05) is 24.5 Å². The smallest absolute Gasteiger partial charge is 0.133 e. The van der Waals surface area contributed by atoms with Crippen molar-refractivity contribution in [1.82, 2.24) is 4.98 Å². The summed E-state index contributed by atoms with van der Waals surface area (Å²) in [5, 5.41) is 10.7. The van der Waals surface area contributed by atoms with Crippen LogP contribution in [0.5, 0.6) is 5.75 Å². The van der Waals surface area contributed by atoms with E-state index in [0.717, 1.165) is 37.5 Å². The highest BCUT2D eigenvalue weighted by Gasteiger charge is 2.15. The fourth-order valence-corrected chi connectivity index (χ4v) is 4.97. The minimum Gasteiger partial charge on any atom is -0.497 e. The Bertz CT molecular complexity index is 858. The molecule has 8 heteroatoms. The number of nitrogen functional groups attached to an aromatic ring is 1. The van der Waals surface area contributed by atoms with Crippen molar-refractivity contribution in [2.45, 2.75) is 10.6 Å². The highest BCUT2D eigenvalue weighted by atomic mass is 35.5. The minimum atomic E-state index is 0. The zero-order chi connectivity index (χ0) is 17.1. The number of halogens is 1. The van der Waals surface area contributed by atoms with Gasteiger partial charge < -0.3 is 10.5 Å². The summed E-state index contributed by atoms with van der Waals surface area (Å²) in [6, 6.07) is 10.0. The van der Waals surface area contributed by atoms with Crippen molar-refractivity contribution in [2.24, 2.45) is 5.73 Å². The molecule has 0 amide bonds. The van der Waals surface area contributed by atoms with Gasteiger partial charge in [0.25, 0.3) is 0 Å². The van der Waals surface area contributed by atoms with Crippen LogP contribution in [0.3, 0.4) is 0 Å². The fourth-order valence-electron chi connectivity index (χ4n) is 2.27. The SMILES string of the molecule is COc1ccc(Cc2csc(-c3cc(C(=N)N)sc3SC)n2)cc1.Cl. The number of nitrogens with one attached hydrogen (secondary N) is 1. The molecule has 3 aromatic rings. The van der Waals surface area contributed by atoms with Gasteiger partial charge in [-0.25, -0.2) is 4.98 Å². The lowest BCUT2D eigenvalue weighted by Crippen LogP contribution is -2.08. The number of thioether (sulfide) groups is 1. The van der Waals surface area contributed by atoms with Gasteiger partial charge in [0, 0.05) is 17.4 Å². The quantitative estimate of drug-likeness (QED) is 0.344. The lowest BCUT2D eigenvalue weighted by molar-refractivity contribution is 0.414. The number of nitrogens with zero attached hydrogens (tertiary/aromatic N) is 1. The third-order valence-electron chi connectivity index (χ3n) is 3.48. The molecule has 3 N–H and O–H groups in total. The van der Waals surface area contributed by atoms with Gasteiger partial charge in [0.15, 0.2) is 0 Å². The number of hydrogen-bond acceptors (Lipinski definition) is 6. The number of aromatic nitrogens is 1. The first-order valence-corrected chi connectivity index (χ1v) is 10.1. The number of thiazole rings is 1. The minimum absolute atomic E-state index is 0. The van der Waals surface area contributed by atoms with Gasteiger partial charge in [-0.05, 0) is 30.0 Å². The first-order valence-electron chi connectivity index (χ1n) is 7.20. The summed E-state index contributed by atoms with van der Waals surface area (Å²) in [6.45, 7) is 0. The largest absolute Gasteiger partial charge is 0.497 e. The maximum absolute atomic E-state index is 7.62. The number of rotatable bonds is 6. The van der Waals surface area contributed by atoms with Crippen LogP contribution in [0, 0.1) is 5.41 Å². The van der Waals surface area contributed by atoms with Crippen LogP contribution < -0.4 is 10.5 Å². The Kier molecular flexibility index (Phi) is 6.89. The number of ether oxygens (including phenoxy) is 1. The molecule has 3 rings (SSSR count). The van der Waals surface area contributed by atoms with E-state index in [0.29, 0.717) is 0 Å². The summed E-state index contributed by atoms with van der Waals surface area (Å²) in [6.07, 6.45) is 2.82. The van der Waals surface area contributed by atoms with E-state index < -0.39 is 0 Å². The Morgan fingerprint density at radius 3 is 2.64 bits per heavy atom. The summed E-state index contributed by atoms with van der Waals surface area (Å²) < 4.78 is 6.33. The van der Waals surface area contributed by atoms with Crippen LogP contribution in [0.4, 0.5) is 0 Å². The fraction of sp³-hybridized carbons (Fsp3) is 0.176. The molecular weight excluding hydrogens is 394 g/mol. The molecule has 0 radical (unpaired) electrons. The van der Waals surface area contributed by atoms with Gasteiger partial charge in [0.05, 0.1) is 21.9 Å². The number of thiophene rings is 1. The molecule has 0 atom stereocenters. The molecule has 0 aliphatic carbocycles. The highest BCUT2D eigenvalue weighted by molar-refractivity contribution is 8.00. The molecule has 4 nitrogen and oxygen atoms in total. The van der Waals surface area contributed by atoms with Gasteiger partial charge in [-0.1, -0.05) is 12.1 Å². The van der Waals surface area contributed by atoms with E-state index in [4.69, 9.17) is 20.9 Å². The predicted octanol–water partition coefficient (Wildman–Crippen LogP) is 4.90. The number of amidine groups is 1. The second-order valence-corrected chi connectivity index (χ2v) is 8.08. The number of methoxy groups -OCH3 is 1. The Labute approximate surface area is 165 Å². The first-order chi connectivity index (χ1) is 11.6.